The average Bonchev–Trinajstić information content (AvgIpc) is 2.95. The van der Waals surface area contributed by atoms with E-state index in [-0.39, 0.29) is 10.6 Å². The average molecular weight is 548 g/mol. The number of aromatic hydroxyl groups is 1. The molecule has 10 heteroatoms. The molecule has 0 radical (unpaired) electrons. The monoisotopic (exact) mass is 547 g/mol. The lowest BCUT2D eigenvalue weighted by Gasteiger charge is -2.07. The van der Waals surface area contributed by atoms with Crippen LogP contribution in [0.5, 0.6) is 5.75 Å². The van der Waals surface area contributed by atoms with Crippen molar-refractivity contribution in [2.24, 2.45) is 20.5 Å². The molecule has 0 spiro atoms. The highest BCUT2D eigenvalue weighted by atomic mass is 32.2. The summed E-state index contributed by atoms with van der Waals surface area (Å²) < 4.78 is 32.1. The van der Waals surface area contributed by atoms with E-state index in [1.807, 2.05) is 30.3 Å². The molecule has 40 heavy (non-hydrogen) atoms. The van der Waals surface area contributed by atoms with Crippen molar-refractivity contribution in [3.8, 4) is 5.75 Å². The molecule has 0 atom stereocenters. The molecule has 0 heterocycles. The Balaban J connectivity index is 1.35. The molecule has 0 fully saturated rings. The Bertz CT molecular complexity index is 2130. The molecular formula is C30H21N5O4S. The molecule has 0 aliphatic heterocycles. The molecule has 6 aromatic rings. The van der Waals surface area contributed by atoms with Gasteiger partial charge >= 0.3 is 0 Å². The summed E-state index contributed by atoms with van der Waals surface area (Å²) in [6.45, 7) is 0. The van der Waals surface area contributed by atoms with Gasteiger partial charge in [0.15, 0.2) is 0 Å². The molecule has 0 saturated heterocycles. The smallest absolute Gasteiger partial charge is 0.294 e. The Morgan fingerprint density at radius 1 is 0.600 bits per heavy atom. The van der Waals surface area contributed by atoms with Crippen LogP contribution in [-0.4, -0.2) is 18.1 Å². The van der Waals surface area contributed by atoms with Crippen LogP contribution in [0.2, 0.25) is 0 Å². The number of nitrogen functional groups attached to an aromatic ring is 1. The molecule has 0 aromatic heterocycles. The molecule has 0 aliphatic carbocycles. The van der Waals surface area contributed by atoms with E-state index in [0.29, 0.717) is 39.2 Å². The molecular weight excluding hydrogens is 526 g/mol. The van der Waals surface area contributed by atoms with Crippen molar-refractivity contribution in [2.45, 2.75) is 4.90 Å². The van der Waals surface area contributed by atoms with Crippen molar-refractivity contribution in [1.29, 1.82) is 0 Å². The fourth-order valence-electron chi connectivity index (χ4n) is 4.55. The lowest BCUT2D eigenvalue weighted by molar-refractivity contribution is 0.477. The normalized spacial score (nSPS) is 12.3. The van der Waals surface area contributed by atoms with Crippen molar-refractivity contribution in [3.63, 3.8) is 0 Å². The Hall–Kier alpha value is -5.19. The summed E-state index contributed by atoms with van der Waals surface area (Å²) >= 11 is 0. The summed E-state index contributed by atoms with van der Waals surface area (Å²) in [7, 11) is -4.28. The standard InChI is InChI=1S/C30H21N5O4S/c31-26-7-3-6-25-22(26)12-15-29(36)30(25)35-34-28-14-13-27(23-4-1-2-5-24(23)28)33-32-20-10-8-19-17-21(40(37,38)39)11-9-18(19)16-20/h1-17,36H,31H2,(H,37,38,39). The van der Waals surface area contributed by atoms with Crippen LogP contribution in [0.15, 0.2) is 128 Å². The molecule has 6 aromatic carbocycles. The van der Waals surface area contributed by atoms with Gasteiger partial charge in [0.1, 0.15) is 11.4 Å². The van der Waals surface area contributed by atoms with Crippen molar-refractivity contribution >= 4 is 70.9 Å². The number of anilines is 1. The number of phenols is 1. The van der Waals surface area contributed by atoms with Gasteiger partial charge < -0.3 is 10.8 Å². The second-order valence-corrected chi connectivity index (χ2v) is 10.5. The quantitative estimate of drug-likeness (QED) is 0.112. The van der Waals surface area contributed by atoms with Crippen LogP contribution < -0.4 is 5.73 Å². The molecule has 0 aliphatic rings. The Morgan fingerprint density at radius 2 is 1.25 bits per heavy atom. The minimum Gasteiger partial charge on any atom is -0.506 e. The predicted molar refractivity (Wildman–Crippen MR) is 156 cm³/mol. The third kappa shape index (κ3) is 4.73. The number of hydrogen-bond acceptors (Lipinski definition) is 8. The maximum absolute atomic E-state index is 11.4. The van der Waals surface area contributed by atoms with Gasteiger partial charge in [-0.25, -0.2) is 0 Å². The number of rotatable bonds is 5. The van der Waals surface area contributed by atoms with Crippen LogP contribution >= 0.6 is 0 Å². The van der Waals surface area contributed by atoms with Gasteiger partial charge in [-0.3, -0.25) is 4.55 Å². The summed E-state index contributed by atoms with van der Waals surface area (Å²) in [6.07, 6.45) is 0. The Morgan fingerprint density at radius 3 is 1.98 bits per heavy atom. The summed E-state index contributed by atoms with van der Waals surface area (Å²) in [6, 6.07) is 29.5. The molecule has 0 unspecified atom stereocenters. The molecule has 9 nitrogen and oxygen atoms in total. The maximum atomic E-state index is 11.4. The lowest BCUT2D eigenvalue weighted by atomic mass is 10.1. The second kappa shape index (κ2) is 9.84. The minimum atomic E-state index is -4.28. The Kier molecular flexibility index (Phi) is 6.18. The van der Waals surface area contributed by atoms with Crippen molar-refractivity contribution in [2.75, 3.05) is 5.73 Å². The fourth-order valence-corrected chi connectivity index (χ4v) is 5.07. The number of fused-ring (bicyclic) bond motifs is 3. The molecule has 0 amide bonds. The van der Waals surface area contributed by atoms with Crippen LogP contribution in [0, 0.1) is 0 Å². The topological polar surface area (TPSA) is 150 Å². The zero-order valence-corrected chi connectivity index (χ0v) is 21.6. The van der Waals surface area contributed by atoms with E-state index in [1.54, 1.807) is 60.7 Å². The summed E-state index contributed by atoms with van der Waals surface area (Å²) in [4.78, 5) is -0.169. The van der Waals surface area contributed by atoms with Crippen molar-refractivity contribution in [1.82, 2.24) is 0 Å². The van der Waals surface area contributed by atoms with Gasteiger partial charge in [0.2, 0.25) is 0 Å². The van der Waals surface area contributed by atoms with E-state index < -0.39 is 10.1 Å². The first kappa shape index (κ1) is 25.1. The molecule has 6 rings (SSSR count). The van der Waals surface area contributed by atoms with Gasteiger partial charge in [-0.2, -0.15) is 13.5 Å². The zero-order valence-electron chi connectivity index (χ0n) is 20.8. The Labute approximate surface area is 228 Å². The number of benzene rings is 6. The van der Waals surface area contributed by atoms with E-state index in [0.717, 1.165) is 21.5 Å². The van der Waals surface area contributed by atoms with Crippen LogP contribution in [0.1, 0.15) is 0 Å². The summed E-state index contributed by atoms with van der Waals surface area (Å²) in [5.41, 5.74) is 8.80. The second-order valence-electron chi connectivity index (χ2n) is 9.09. The molecule has 0 saturated carbocycles. The van der Waals surface area contributed by atoms with Crippen LogP contribution in [0.3, 0.4) is 0 Å². The van der Waals surface area contributed by atoms with E-state index in [9.17, 15) is 18.1 Å². The first-order valence-corrected chi connectivity index (χ1v) is 13.6. The minimum absolute atomic E-state index is 0.00108. The summed E-state index contributed by atoms with van der Waals surface area (Å²) in [5.74, 6) is 0.00108. The molecule has 0 bridgehead atoms. The van der Waals surface area contributed by atoms with E-state index in [4.69, 9.17) is 5.73 Å². The fraction of sp³-hybridized carbons (Fsp3) is 0. The number of phenolic OH excluding ortho intramolecular Hbond substituents is 1. The van der Waals surface area contributed by atoms with Crippen molar-refractivity contribution in [3.05, 3.63) is 103 Å². The highest BCUT2D eigenvalue weighted by Gasteiger charge is 2.11. The van der Waals surface area contributed by atoms with Crippen LogP contribution in [-0.2, 0) is 10.1 Å². The van der Waals surface area contributed by atoms with Crippen molar-refractivity contribution < 1.29 is 18.1 Å². The number of hydrogen-bond donors (Lipinski definition) is 3. The molecule has 196 valence electrons. The van der Waals surface area contributed by atoms with Gasteiger partial charge in [-0.05, 0) is 65.4 Å². The lowest BCUT2D eigenvalue weighted by Crippen LogP contribution is -1.97. The van der Waals surface area contributed by atoms with Crippen LogP contribution in [0.25, 0.3) is 32.3 Å². The highest BCUT2D eigenvalue weighted by Crippen LogP contribution is 2.40. The SMILES string of the molecule is Nc1cccc2c(N=Nc3ccc(N=Nc4ccc5cc(S(=O)(=O)O)ccc5c4)c4ccccc34)c(O)ccc12. The van der Waals surface area contributed by atoms with Gasteiger partial charge in [0.05, 0.1) is 22.0 Å². The highest BCUT2D eigenvalue weighted by molar-refractivity contribution is 7.85. The molecule has 4 N–H and O–H groups in total. The van der Waals surface area contributed by atoms with Gasteiger partial charge in [0, 0.05) is 27.2 Å². The van der Waals surface area contributed by atoms with E-state index >= 15 is 0 Å². The third-order valence-electron chi connectivity index (χ3n) is 6.55. The van der Waals surface area contributed by atoms with Gasteiger partial charge in [-0.15, -0.1) is 15.3 Å². The van der Waals surface area contributed by atoms with E-state index in [2.05, 4.69) is 20.5 Å². The van der Waals surface area contributed by atoms with Gasteiger partial charge in [-0.1, -0.05) is 48.5 Å². The zero-order chi connectivity index (χ0) is 27.9. The maximum Gasteiger partial charge on any atom is 0.294 e. The van der Waals surface area contributed by atoms with Crippen LogP contribution in [0.4, 0.5) is 28.4 Å². The third-order valence-corrected chi connectivity index (χ3v) is 7.40. The number of azo groups is 2. The first-order chi connectivity index (χ1) is 19.3. The van der Waals surface area contributed by atoms with Gasteiger partial charge in [0.25, 0.3) is 10.1 Å². The predicted octanol–water partition coefficient (Wildman–Crippen LogP) is 8.51. The largest absolute Gasteiger partial charge is 0.506 e. The van der Waals surface area contributed by atoms with E-state index in [1.165, 1.54) is 12.1 Å². The first-order valence-electron chi connectivity index (χ1n) is 12.1. The number of nitrogens with two attached hydrogens (primary N) is 1. The summed E-state index contributed by atoms with van der Waals surface area (Å²) in [5, 5.41) is 32.6. The number of nitrogens with zero attached hydrogens (tertiary/aromatic N) is 4.